The van der Waals surface area contributed by atoms with Crippen LogP contribution in [0.15, 0.2) is 126 Å². The first-order valence-corrected chi connectivity index (χ1v) is 22.5. The monoisotopic (exact) mass is 717 g/mol. The van der Waals surface area contributed by atoms with Crippen LogP contribution in [0.5, 0.6) is 0 Å². The Kier molecular flexibility index (Phi) is 7.88. The highest BCUT2D eigenvalue weighted by Gasteiger charge is 2.26. The zero-order valence-corrected chi connectivity index (χ0v) is 33.0. The molecular weight excluding hydrogens is 675 g/mol. The van der Waals surface area contributed by atoms with Gasteiger partial charge >= 0.3 is 0 Å². The molecule has 4 nitrogen and oxygen atoms in total. The Labute approximate surface area is 317 Å². The number of benzene rings is 7. The number of imidazole rings is 1. The summed E-state index contributed by atoms with van der Waals surface area (Å²) in [4.78, 5) is 5.51. The zero-order valence-electron chi connectivity index (χ0n) is 32.0. The molecule has 0 saturated carbocycles. The average Bonchev–Trinajstić information content (AvgIpc) is 3.73. The number of fused-ring (bicyclic) bond motifs is 7. The van der Waals surface area contributed by atoms with Crippen LogP contribution in [-0.2, 0) is 0 Å². The summed E-state index contributed by atoms with van der Waals surface area (Å²) in [7, 11) is -1.43. The Hall–Kier alpha value is -5.96. The number of para-hydroxylation sites is 1. The standard InChI is InChI=1S/C49H43N3OSi/c1-29(2)40-24-35(32-18-20-36(21-19-32)54(5,6)7)25-41(30(3)4)47(40)52-45-27-42-34(17-16-33-11-8-9-12-37(33)42)26-44(45)51-49(52)39-14-10-13-38-43-23-31(28-50)15-22-46(43)53-48(38)39/h8-27,29-30H,1-7H3. The molecule has 9 aromatic rings. The predicted octanol–water partition coefficient (Wildman–Crippen LogP) is 13.2. The van der Waals surface area contributed by atoms with Crippen molar-refractivity contribution in [2.75, 3.05) is 0 Å². The van der Waals surface area contributed by atoms with Gasteiger partial charge in [0.1, 0.15) is 17.0 Å². The molecule has 0 saturated heterocycles. The topological polar surface area (TPSA) is 54.8 Å². The van der Waals surface area contributed by atoms with E-state index in [2.05, 4.69) is 161 Å². The van der Waals surface area contributed by atoms with Crippen LogP contribution < -0.4 is 5.19 Å². The third kappa shape index (κ3) is 5.44. The Balaban J connectivity index is 1.40. The molecule has 0 spiro atoms. The molecular formula is C49H43N3OSi. The van der Waals surface area contributed by atoms with Crippen molar-refractivity contribution in [2.24, 2.45) is 0 Å². The van der Waals surface area contributed by atoms with E-state index in [-0.39, 0.29) is 11.8 Å². The first-order chi connectivity index (χ1) is 26.0. The first kappa shape index (κ1) is 33.8. The number of nitriles is 1. The fraction of sp³-hybridized carbons (Fsp3) is 0.184. The Morgan fingerprint density at radius 1 is 0.648 bits per heavy atom. The molecule has 2 aromatic heterocycles. The number of nitrogens with zero attached hydrogens (tertiary/aromatic N) is 3. The van der Waals surface area contributed by atoms with E-state index < -0.39 is 8.07 Å². The Morgan fingerprint density at radius 2 is 1.35 bits per heavy atom. The number of hydrogen-bond donors (Lipinski definition) is 0. The van der Waals surface area contributed by atoms with E-state index in [4.69, 9.17) is 9.40 Å². The van der Waals surface area contributed by atoms with E-state index in [1.54, 1.807) is 0 Å². The van der Waals surface area contributed by atoms with E-state index in [0.717, 1.165) is 49.7 Å². The van der Waals surface area contributed by atoms with Gasteiger partial charge in [0.05, 0.1) is 42.0 Å². The highest BCUT2D eigenvalue weighted by Crippen LogP contribution is 2.43. The lowest BCUT2D eigenvalue weighted by atomic mass is 9.88. The smallest absolute Gasteiger partial charge is 0.149 e. The molecule has 0 atom stereocenters. The van der Waals surface area contributed by atoms with Crippen LogP contribution in [0.4, 0.5) is 0 Å². The molecule has 264 valence electrons. The lowest BCUT2D eigenvalue weighted by molar-refractivity contribution is 0.669. The highest BCUT2D eigenvalue weighted by atomic mass is 28.3. The van der Waals surface area contributed by atoms with Gasteiger partial charge in [-0.3, -0.25) is 4.57 Å². The van der Waals surface area contributed by atoms with Crippen molar-refractivity contribution in [1.82, 2.24) is 9.55 Å². The summed E-state index contributed by atoms with van der Waals surface area (Å²) < 4.78 is 9.08. The van der Waals surface area contributed by atoms with Gasteiger partial charge in [-0.25, -0.2) is 4.98 Å². The first-order valence-electron chi connectivity index (χ1n) is 19.0. The fourth-order valence-electron chi connectivity index (χ4n) is 8.18. The van der Waals surface area contributed by atoms with Gasteiger partial charge in [-0.2, -0.15) is 5.26 Å². The average molecular weight is 718 g/mol. The molecule has 2 heterocycles. The molecule has 0 aliphatic carbocycles. The van der Waals surface area contributed by atoms with Crippen molar-refractivity contribution >= 4 is 67.8 Å². The molecule has 0 N–H and O–H groups in total. The number of hydrogen-bond acceptors (Lipinski definition) is 3. The van der Waals surface area contributed by atoms with Crippen LogP contribution in [-0.4, -0.2) is 17.6 Å². The molecule has 0 bridgehead atoms. The van der Waals surface area contributed by atoms with Gasteiger partial charge in [-0.15, -0.1) is 0 Å². The van der Waals surface area contributed by atoms with Crippen molar-refractivity contribution in [3.8, 4) is 34.3 Å². The summed E-state index contributed by atoms with van der Waals surface area (Å²) in [5.41, 5.74) is 11.3. The number of aromatic nitrogens is 2. The third-order valence-corrected chi connectivity index (χ3v) is 13.2. The maximum atomic E-state index is 9.71. The van der Waals surface area contributed by atoms with Crippen molar-refractivity contribution in [1.29, 1.82) is 5.26 Å². The van der Waals surface area contributed by atoms with Crippen molar-refractivity contribution < 1.29 is 4.42 Å². The van der Waals surface area contributed by atoms with Gasteiger partial charge in [0, 0.05) is 10.8 Å². The molecule has 7 aromatic carbocycles. The van der Waals surface area contributed by atoms with E-state index in [0.29, 0.717) is 5.56 Å². The van der Waals surface area contributed by atoms with Crippen LogP contribution in [0, 0.1) is 11.3 Å². The summed E-state index contributed by atoms with van der Waals surface area (Å²) >= 11 is 0. The Morgan fingerprint density at radius 3 is 2.06 bits per heavy atom. The largest absolute Gasteiger partial charge is 0.455 e. The molecule has 0 radical (unpaired) electrons. The maximum absolute atomic E-state index is 9.71. The second-order valence-corrected chi connectivity index (χ2v) is 21.4. The molecule has 5 heteroatoms. The lowest BCUT2D eigenvalue weighted by Crippen LogP contribution is -2.37. The molecule has 0 amide bonds. The van der Waals surface area contributed by atoms with Crippen LogP contribution in [0.25, 0.3) is 82.7 Å². The number of furan rings is 1. The SMILES string of the molecule is CC(C)c1cc(-c2ccc([Si](C)(C)C)cc2)cc(C(C)C)c1-n1c(-c2cccc3c2oc2ccc(C#N)cc23)nc2cc3ccc4ccccc4c3cc21. The molecule has 0 aliphatic heterocycles. The second kappa shape index (κ2) is 12.6. The summed E-state index contributed by atoms with van der Waals surface area (Å²) in [5, 5.41) is 17.9. The minimum atomic E-state index is -1.43. The third-order valence-electron chi connectivity index (χ3n) is 11.1. The second-order valence-electron chi connectivity index (χ2n) is 16.4. The normalized spacial score (nSPS) is 12.3. The van der Waals surface area contributed by atoms with E-state index in [1.165, 1.54) is 49.3 Å². The number of rotatable bonds is 6. The highest BCUT2D eigenvalue weighted by molar-refractivity contribution is 6.88. The predicted molar refractivity (Wildman–Crippen MR) is 230 cm³/mol. The van der Waals surface area contributed by atoms with Crippen LogP contribution in [0.3, 0.4) is 0 Å². The maximum Gasteiger partial charge on any atom is 0.149 e. The van der Waals surface area contributed by atoms with Crippen LogP contribution >= 0.6 is 0 Å². The van der Waals surface area contributed by atoms with E-state index >= 15 is 0 Å². The summed E-state index contributed by atoms with van der Waals surface area (Å²) in [6.45, 7) is 16.4. The van der Waals surface area contributed by atoms with Crippen molar-refractivity contribution in [3.05, 3.63) is 138 Å². The van der Waals surface area contributed by atoms with Gasteiger partial charge in [-0.05, 0) is 104 Å². The van der Waals surface area contributed by atoms with Gasteiger partial charge in [-0.1, -0.05) is 125 Å². The lowest BCUT2D eigenvalue weighted by Gasteiger charge is -2.25. The molecule has 54 heavy (non-hydrogen) atoms. The fourth-order valence-corrected chi connectivity index (χ4v) is 9.34. The van der Waals surface area contributed by atoms with E-state index in [1.807, 2.05) is 18.2 Å². The summed E-state index contributed by atoms with van der Waals surface area (Å²) in [6.07, 6.45) is 0. The van der Waals surface area contributed by atoms with Gasteiger partial charge in [0.25, 0.3) is 0 Å². The molecule has 9 rings (SSSR count). The summed E-state index contributed by atoms with van der Waals surface area (Å²) in [5.74, 6) is 1.30. The van der Waals surface area contributed by atoms with Crippen LogP contribution in [0.2, 0.25) is 19.6 Å². The molecule has 0 fully saturated rings. The molecule has 0 aliphatic rings. The Bertz CT molecular complexity index is 2960. The van der Waals surface area contributed by atoms with Crippen LogP contribution in [0.1, 0.15) is 56.2 Å². The summed E-state index contributed by atoms with van der Waals surface area (Å²) in [6, 6.07) is 46.0. The quantitative estimate of drug-likeness (QED) is 0.127. The van der Waals surface area contributed by atoms with Gasteiger partial charge in [0.15, 0.2) is 0 Å². The van der Waals surface area contributed by atoms with Gasteiger partial charge in [0.2, 0.25) is 0 Å². The van der Waals surface area contributed by atoms with Gasteiger partial charge < -0.3 is 4.42 Å². The van der Waals surface area contributed by atoms with E-state index in [9.17, 15) is 5.26 Å². The minimum absolute atomic E-state index is 0.233. The molecule has 0 unspecified atom stereocenters. The zero-order chi connectivity index (χ0) is 37.5. The van der Waals surface area contributed by atoms with Crippen molar-refractivity contribution in [3.63, 3.8) is 0 Å². The van der Waals surface area contributed by atoms with Crippen molar-refractivity contribution in [2.45, 2.75) is 59.2 Å². The minimum Gasteiger partial charge on any atom is -0.455 e.